The fourth-order valence-electron chi connectivity index (χ4n) is 1.60. The second-order valence-electron chi connectivity index (χ2n) is 3.00. The highest BCUT2D eigenvalue weighted by atomic mass is 15.2. The molecule has 0 radical (unpaired) electrons. The summed E-state index contributed by atoms with van der Waals surface area (Å²) in [5.74, 6) is 0. The van der Waals surface area contributed by atoms with Crippen molar-refractivity contribution < 1.29 is 0 Å². The second kappa shape index (κ2) is 2.67. The molecular weight excluding hydrogens is 112 g/mol. The molecule has 1 aliphatic rings. The van der Waals surface area contributed by atoms with Crippen molar-refractivity contribution in [3.8, 4) is 0 Å². The molecule has 0 aromatic heterocycles. The first-order valence-corrected chi connectivity index (χ1v) is 3.70. The third-order valence-corrected chi connectivity index (χ3v) is 2.19. The number of likely N-dealkylation sites (tertiary alicyclic amines) is 1. The van der Waals surface area contributed by atoms with Crippen LogP contribution in [0.5, 0.6) is 0 Å². The molecule has 0 aromatic carbocycles. The molecule has 0 aliphatic carbocycles. The Labute approximate surface area is 57.0 Å². The van der Waals surface area contributed by atoms with E-state index >= 15 is 0 Å². The first-order chi connectivity index (χ1) is 4.24. The van der Waals surface area contributed by atoms with Gasteiger partial charge >= 0.3 is 0 Å². The monoisotopic (exact) mass is 128 g/mol. The molecule has 2 N–H and O–H groups in total. The maximum atomic E-state index is 5.75. The summed E-state index contributed by atoms with van der Waals surface area (Å²) in [5, 5.41) is 0. The first kappa shape index (κ1) is 7.03. The zero-order chi connectivity index (χ0) is 6.85. The van der Waals surface area contributed by atoms with Crippen molar-refractivity contribution in [1.82, 2.24) is 4.90 Å². The van der Waals surface area contributed by atoms with Crippen molar-refractivity contribution >= 4 is 0 Å². The molecule has 1 rings (SSSR count). The minimum absolute atomic E-state index is 0.431. The molecular formula is C7H16N2. The molecule has 0 bridgehead atoms. The average molecular weight is 128 g/mol. The van der Waals surface area contributed by atoms with Crippen molar-refractivity contribution in [1.29, 1.82) is 0 Å². The van der Waals surface area contributed by atoms with E-state index in [4.69, 9.17) is 5.73 Å². The molecule has 54 valence electrons. The van der Waals surface area contributed by atoms with Crippen molar-refractivity contribution in [3.63, 3.8) is 0 Å². The second-order valence-corrected chi connectivity index (χ2v) is 3.00. The van der Waals surface area contributed by atoms with Gasteiger partial charge in [-0.1, -0.05) is 6.92 Å². The van der Waals surface area contributed by atoms with Gasteiger partial charge in [0.15, 0.2) is 0 Å². The van der Waals surface area contributed by atoms with Gasteiger partial charge in [0, 0.05) is 18.6 Å². The van der Waals surface area contributed by atoms with Crippen LogP contribution in [0.15, 0.2) is 0 Å². The van der Waals surface area contributed by atoms with Gasteiger partial charge in [0.05, 0.1) is 0 Å². The van der Waals surface area contributed by atoms with Crippen molar-refractivity contribution in [3.05, 3.63) is 0 Å². The predicted octanol–water partition coefficient (Wildman–Crippen LogP) is 0.428. The van der Waals surface area contributed by atoms with E-state index in [1.165, 1.54) is 12.8 Å². The highest BCUT2D eigenvalue weighted by Gasteiger charge is 2.24. The Balaban J connectivity index is 2.38. The summed E-state index contributed by atoms with van der Waals surface area (Å²) >= 11 is 0. The van der Waals surface area contributed by atoms with Gasteiger partial charge in [0.1, 0.15) is 0 Å². The van der Waals surface area contributed by atoms with Crippen molar-refractivity contribution in [2.45, 2.75) is 31.8 Å². The Kier molecular flexibility index (Phi) is 2.09. The SMILES string of the molecule is CCC1C[C@@H](N)CN1C. The average Bonchev–Trinajstić information content (AvgIpc) is 2.10. The third-order valence-electron chi connectivity index (χ3n) is 2.19. The van der Waals surface area contributed by atoms with Crippen LogP contribution >= 0.6 is 0 Å². The van der Waals surface area contributed by atoms with Crippen LogP contribution in [0, 0.1) is 0 Å². The molecule has 0 saturated carbocycles. The summed E-state index contributed by atoms with van der Waals surface area (Å²) in [6, 6.07) is 1.18. The highest BCUT2D eigenvalue weighted by molar-refractivity contribution is 4.83. The quantitative estimate of drug-likeness (QED) is 0.555. The number of hydrogen-bond donors (Lipinski definition) is 1. The lowest BCUT2D eigenvalue weighted by atomic mass is 10.1. The van der Waals surface area contributed by atoms with E-state index in [1.807, 2.05) is 0 Å². The van der Waals surface area contributed by atoms with Gasteiger partial charge in [0.25, 0.3) is 0 Å². The van der Waals surface area contributed by atoms with Gasteiger partial charge in [-0.15, -0.1) is 0 Å². The van der Waals surface area contributed by atoms with Crippen LogP contribution in [0.2, 0.25) is 0 Å². The van der Waals surface area contributed by atoms with Crippen LogP contribution in [0.4, 0.5) is 0 Å². The van der Waals surface area contributed by atoms with Crippen molar-refractivity contribution in [2.75, 3.05) is 13.6 Å². The molecule has 2 heteroatoms. The lowest BCUT2D eigenvalue weighted by molar-refractivity contribution is 0.303. The number of rotatable bonds is 1. The summed E-state index contributed by atoms with van der Waals surface area (Å²) in [4.78, 5) is 2.35. The number of hydrogen-bond acceptors (Lipinski definition) is 2. The van der Waals surface area contributed by atoms with E-state index < -0.39 is 0 Å². The molecule has 1 fully saturated rings. The topological polar surface area (TPSA) is 29.3 Å². The summed E-state index contributed by atoms with van der Waals surface area (Å²) in [6.45, 7) is 3.30. The smallest absolute Gasteiger partial charge is 0.0182 e. The van der Waals surface area contributed by atoms with Gasteiger partial charge in [0.2, 0.25) is 0 Å². The van der Waals surface area contributed by atoms with E-state index in [0.29, 0.717) is 6.04 Å². The Morgan fingerprint density at radius 2 is 2.33 bits per heavy atom. The van der Waals surface area contributed by atoms with E-state index in [-0.39, 0.29) is 0 Å². The number of nitrogens with zero attached hydrogens (tertiary/aromatic N) is 1. The Hall–Kier alpha value is -0.0800. The van der Waals surface area contributed by atoms with E-state index in [2.05, 4.69) is 18.9 Å². The molecule has 0 spiro atoms. The Morgan fingerprint density at radius 1 is 1.67 bits per heavy atom. The van der Waals surface area contributed by atoms with Gasteiger partial charge in [-0.05, 0) is 19.9 Å². The summed E-state index contributed by atoms with van der Waals surface area (Å²) in [6.07, 6.45) is 2.43. The van der Waals surface area contributed by atoms with Crippen LogP contribution in [0.1, 0.15) is 19.8 Å². The molecule has 1 unspecified atom stereocenters. The fraction of sp³-hybridized carbons (Fsp3) is 1.00. The van der Waals surface area contributed by atoms with Gasteiger partial charge < -0.3 is 10.6 Å². The lowest BCUT2D eigenvalue weighted by Gasteiger charge is -2.15. The summed E-state index contributed by atoms with van der Waals surface area (Å²) < 4.78 is 0. The molecule has 9 heavy (non-hydrogen) atoms. The molecule has 2 atom stereocenters. The maximum absolute atomic E-state index is 5.75. The Morgan fingerprint density at radius 3 is 2.56 bits per heavy atom. The predicted molar refractivity (Wildman–Crippen MR) is 39.3 cm³/mol. The summed E-state index contributed by atoms with van der Waals surface area (Å²) in [5.41, 5.74) is 5.75. The van der Waals surface area contributed by atoms with Crippen LogP contribution < -0.4 is 5.73 Å². The molecule has 1 saturated heterocycles. The molecule has 1 heterocycles. The molecule has 0 amide bonds. The lowest BCUT2D eigenvalue weighted by Crippen LogP contribution is -2.25. The zero-order valence-electron chi connectivity index (χ0n) is 6.30. The zero-order valence-corrected chi connectivity index (χ0v) is 6.30. The molecule has 1 aliphatic heterocycles. The number of likely N-dealkylation sites (N-methyl/N-ethyl adjacent to an activating group) is 1. The van der Waals surface area contributed by atoms with E-state index in [0.717, 1.165) is 12.6 Å². The van der Waals surface area contributed by atoms with Gasteiger partial charge in [-0.3, -0.25) is 0 Å². The van der Waals surface area contributed by atoms with Crippen LogP contribution in [0.3, 0.4) is 0 Å². The van der Waals surface area contributed by atoms with Gasteiger partial charge in [-0.25, -0.2) is 0 Å². The minimum atomic E-state index is 0.431. The molecule has 0 aromatic rings. The minimum Gasteiger partial charge on any atom is -0.326 e. The highest BCUT2D eigenvalue weighted by Crippen LogP contribution is 2.15. The fourth-order valence-corrected chi connectivity index (χ4v) is 1.60. The van der Waals surface area contributed by atoms with E-state index in [9.17, 15) is 0 Å². The van der Waals surface area contributed by atoms with Gasteiger partial charge in [-0.2, -0.15) is 0 Å². The van der Waals surface area contributed by atoms with Crippen LogP contribution in [-0.4, -0.2) is 30.6 Å². The van der Waals surface area contributed by atoms with Crippen molar-refractivity contribution in [2.24, 2.45) is 5.73 Å². The Bertz CT molecular complexity index is 92.9. The van der Waals surface area contributed by atoms with E-state index in [1.54, 1.807) is 0 Å². The number of nitrogens with two attached hydrogens (primary N) is 1. The van der Waals surface area contributed by atoms with Crippen LogP contribution in [0.25, 0.3) is 0 Å². The summed E-state index contributed by atoms with van der Waals surface area (Å²) in [7, 11) is 2.15. The first-order valence-electron chi connectivity index (χ1n) is 3.70. The normalized spacial score (nSPS) is 37.7. The largest absolute Gasteiger partial charge is 0.326 e. The third kappa shape index (κ3) is 1.43. The standard InChI is InChI=1S/C7H16N2/c1-3-7-4-6(8)5-9(7)2/h6-7H,3-5,8H2,1-2H3/t6-,7?/m1/s1. The maximum Gasteiger partial charge on any atom is 0.0182 e. The molecule has 2 nitrogen and oxygen atoms in total. The van der Waals surface area contributed by atoms with Crippen LogP contribution in [-0.2, 0) is 0 Å².